The first-order chi connectivity index (χ1) is 10.4. The highest BCUT2D eigenvalue weighted by atomic mass is 32.2. The van der Waals surface area contributed by atoms with Crippen LogP contribution in [0.1, 0.15) is 6.92 Å². The minimum absolute atomic E-state index is 0.214. The van der Waals surface area contributed by atoms with Gasteiger partial charge in [-0.25, -0.2) is 23.2 Å². The number of aryl methyl sites for hydroxylation is 1. The zero-order valence-corrected chi connectivity index (χ0v) is 13.3. The Hall–Kier alpha value is -1.94. The van der Waals surface area contributed by atoms with Crippen LogP contribution >= 0.6 is 0 Å². The van der Waals surface area contributed by atoms with Crippen molar-refractivity contribution in [3.05, 3.63) is 16.8 Å². The number of hydrogen-bond donors (Lipinski definition) is 1. The summed E-state index contributed by atoms with van der Waals surface area (Å²) in [4.78, 5) is 25.1. The van der Waals surface area contributed by atoms with E-state index < -0.39 is 10.0 Å². The van der Waals surface area contributed by atoms with Crippen molar-refractivity contribution in [2.24, 2.45) is 0 Å². The molecule has 0 aliphatic carbocycles. The van der Waals surface area contributed by atoms with Crippen LogP contribution in [0.25, 0.3) is 11.2 Å². The van der Waals surface area contributed by atoms with Crippen molar-refractivity contribution in [3.8, 4) is 0 Å². The number of piperazine rings is 1. The van der Waals surface area contributed by atoms with Gasteiger partial charge in [-0.3, -0.25) is 4.57 Å². The summed E-state index contributed by atoms with van der Waals surface area (Å²) in [5, 5.41) is 0. The SMILES string of the molecule is CCn1c(=O)[nH]c2c(N3CCN(S(C)(=O)=O)CC3)ncnc21. The highest BCUT2D eigenvalue weighted by Crippen LogP contribution is 2.21. The summed E-state index contributed by atoms with van der Waals surface area (Å²) in [5.41, 5.74) is 0.958. The highest BCUT2D eigenvalue weighted by Gasteiger charge is 2.26. The van der Waals surface area contributed by atoms with Gasteiger partial charge in [0.15, 0.2) is 11.5 Å². The van der Waals surface area contributed by atoms with E-state index in [1.807, 2.05) is 11.8 Å². The van der Waals surface area contributed by atoms with Crippen molar-refractivity contribution in [1.82, 2.24) is 23.8 Å². The van der Waals surface area contributed by atoms with Crippen molar-refractivity contribution >= 4 is 27.0 Å². The predicted molar refractivity (Wildman–Crippen MR) is 82.5 cm³/mol. The van der Waals surface area contributed by atoms with Crippen molar-refractivity contribution in [3.63, 3.8) is 0 Å². The predicted octanol–water partition coefficient (Wildman–Crippen LogP) is -0.779. The quantitative estimate of drug-likeness (QED) is 0.793. The fourth-order valence-electron chi connectivity index (χ4n) is 2.72. The van der Waals surface area contributed by atoms with Gasteiger partial charge < -0.3 is 9.88 Å². The molecule has 0 saturated carbocycles. The van der Waals surface area contributed by atoms with Crippen LogP contribution in [0.3, 0.4) is 0 Å². The van der Waals surface area contributed by atoms with Crippen LogP contribution in [0.4, 0.5) is 5.82 Å². The lowest BCUT2D eigenvalue weighted by molar-refractivity contribution is 0.387. The largest absolute Gasteiger partial charge is 0.352 e. The second kappa shape index (κ2) is 5.36. The topological polar surface area (TPSA) is 104 Å². The maximum Gasteiger partial charge on any atom is 0.327 e. The van der Waals surface area contributed by atoms with E-state index >= 15 is 0 Å². The summed E-state index contributed by atoms with van der Waals surface area (Å²) in [5.74, 6) is 0.641. The van der Waals surface area contributed by atoms with E-state index in [2.05, 4.69) is 15.0 Å². The molecule has 0 radical (unpaired) electrons. The molecule has 0 spiro atoms. The standard InChI is InChI=1S/C12H18N6O3S/c1-3-18-11-9(15-12(18)19)10(13-8-14-11)16-4-6-17(7-5-16)22(2,20)21/h8H,3-7H2,1-2H3,(H,15,19). The number of nitrogens with one attached hydrogen (secondary N) is 1. The Labute approximate surface area is 127 Å². The normalized spacial score (nSPS) is 17.3. The lowest BCUT2D eigenvalue weighted by Crippen LogP contribution is -2.48. The number of rotatable bonds is 3. The Morgan fingerprint density at radius 2 is 1.91 bits per heavy atom. The molecule has 0 atom stereocenters. The molecule has 0 aromatic carbocycles. The Balaban J connectivity index is 1.94. The van der Waals surface area contributed by atoms with Crippen molar-refractivity contribution in [2.45, 2.75) is 13.5 Å². The van der Waals surface area contributed by atoms with Gasteiger partial charge in [0.2, 0.25) is 10.0 Å². The minimum atomic E-state index is -3.17. The molecule has 3 heterocycles. The summed E-state index contributed by atoms with van der Waals surface area (Å²) in [6.07, 6.45) is 2.64. The van der Waals surface area contributed by atoms with Gasteiger partial charge >= 0.3 is 5.69 Å². The average molecular weight is 326 g/mol. The van der Waals surface area contributed by atoms with E-state index in [0.29, 0.717) is 49.7 Å². The number of imidazole rings is 1. The van der Waals surface area contributed by atoms with Crippen LogP contribution in [0.2, 0.25) is 0 Å². The fraction of sp³-hybridized carbons (Fsp3) is 0.583. The molecule has 1 fully saturated rings. The summed E-state index contributed by atoms with van der Waals surface area (Å²) in [6, 6.07) is 0. The first kappa shape index (κ1) is 15.0. The number of sulfonamides is 1. The van der Waals surface area contributed by atoms with E-state index in [0.717, 1.165) is 0 Å². The van der Waals surface area contributed by atoms with Crippen molar-refractivity contribution < 1.29 is 8.42 Å². The molecule has 22 heavy (non-hydrogen) atoms. The first-order valence-corrected chi connectivity index (χ1v) is 8.90. The van der Waals surface area contributed by atoms with Crippen molar-refractivity contribution in [1.29, 1.82) is 0 Å². The molecule has 2 aromatic rings. The second-order valence-electron chi connectivity index (χ2n) is 5.22. The van der Waals surface area contributed by atoms with Crippen LogP contribution in [0.5, 0.6) is 0 Å². The maximum absolute atomic E-state index is 11.9. The van der Waals surface area contributed by atoms with Crippen LogP contribution in [-0.4, -0.2) is 64.7 Å². The third kappa shape index (κ3) is 2.48. The maximum atomic E-state index is 11.9. The van der Waals surface area contributed by atoms with Gasteiger partial charge in [-0.15, -0.1) is 0 Å². The Bertz CT molecular complexity index is 847. The molecule has 120 valence electrons. The molecular formula is C12H18N6O3S. The molecule has 9 nitrogen and oxygen atoms in total. The number of fused-ring (bicyclic) bond motifs is 1. The molecule has 2 aromatic heterocycles. The van der Waals surface area contributed by atoms with E-state index in [9.17, 15) is 13.2 Å². The third-order valence-electron chi connectivity index (χ3n) is 3.86. The smallest absolute Gasteiger partial charge is 0.327 e. The molecule has 10 heteroatoms. The van der Waals surface area contributed by atoms with Gasteiger partial charge in [0, 0.05) is 32.7 Å². The van der Waals surface area contributed by atoms with Crippen LogP contribution in [0.15, 0.2) is 11.1 Å². The molecule has 1 N–H and O–H groups in total. The number of aromatic nitrogens is 4. The molecule has 0 unspecified atom stereocenters. The van der Waals surface area contributed by atoms with Crippen LogP contribution in [-0.2, 0) is 16.6 Å². The number of aromatic amines is 1. The van der Waals surface area contributed by atoms with Gasteiger partial charge in [0.25, 0.3) is 0 Å². The van der Waals surface area contributed by atoms with Gasteiger partial charge in [-0.2, -0.15) is 4.31 Å². The summed E-state index contributed by atoms with van der Waals surface area (Å²) < 4.78 is 26.1. The Morgan fingerprint density at radius 3 is 2.50 bits per heavy atom. The van der Waals surface area contributed by atoms with Gasteiger partial charge in [-0.1, -0.05) is 0 Å². The molecular weight excluding hydrogens is 308 g/mol. The Kier molecular flexibility index (Phi) is 3.65. The van der Waals surface area contributed by atoms with E-state index in [4.69, 9.17) is 0 Å². The van der Waals surface area contributed by atoms with E-state index in [1.54, 1.807) is 4.57 Å². The van der Waals surface area contributed by atoms with Crippen LogP contribution < -0.4 is 10.6 Å². The van der Waals surface area contributed by atoms with Crippen molar-refractivity contribution in [2.75, 3.05) is 37.3 Å². The zero-order chi connectivity index (χ0) is 15.9. The van der Waals surface area contributed by atoms with E-state index in [-0.39, 0.29) is 5.69 Å². The second-order valence-corrected chi connectivity index (χ2v) is 7.20. The number of H-pyrrole nitrogens is 1. The molecule has 0 bridgehead atoms. The zero-order valence-electron chi connectivity index (χ0n) is 12.5. The molecule has 1 aliphatic heterocycles. The molecule has 1 aliphatic rings. The van der Waals surface area contributed by atoms with Gasteiger partial charge in [0.05, 0.1) is 6.26 Å². The lowest BCUT2D eigenvalue weighted by atomic mass is 10.3. The van der Waals surface area contributed by atoms with Gasteiger partial charge in [0.1, 0.15) is 11.8 Å². The minimum Gasteiger partial charge on any atom is -0.352 e. The number of hydrogen-bond acceptors (Lipinski definition) is 6. The molecule has 1 saturated heterocycles. The number of nitrogens with zero attached hydrogens (tertiary/aromatic N) is 5. The Morgan fingerprint density at radius 1 is 1.23 bits per heavy atom. The summed E-state index contributed by atoms with van der Waals surface area (Å²) in [6.45, 7) is 4.27. The van der Waals surface area contributed by atoms with E-state index in [1.165, 1.54) is 16.9 Å². The summed E-state index contributed by atoms with van der Waals surface area (Å²) >= 11 is 0. The lowest BCUT2D eigenvalue weighted by Gasteiger charge is -2.33. The number of anilines is 1. The first-order valence-electron chi connectivity index (χ1n) is 7.05. The monoisotopic (exact) mass is 326 g/mol. The molecule has 0 amide bonds. The van der Waals surface area contributed by atoms with Gasteiger partial charge in [-0.05, 0) is 6.92 Å². The summed E-state index contributed by atoms with van der Waals surface area (Å²) in [7, 11) is -3.17. The average Bonchev–Trinajstić information content (AvgIpc) is 2.81. The highest BCUT2D eigenvalue weighted by molar-refractivity contribution is 7.88. The molecule has 3 rings (SSSR count). The fourth-order valence-corrected chi connectivity index (χ4v) is 3.55. The third-order valence-corrected chi connectivity index (χ3v) is 5.17. The van der Waals surface area contributed by atoms with Crippen LogP contribution in [0, 0.1) is 0 Å².